The van der Waals surface area contributed by atoms with Gasteiger partial charge in [0.15, 0.2) is 0 Å². The minimum atomic E-state index is -4.19. The van der Waals surface area contributed by atoms with E-state index in [4.69, 9.17) is 4.18 Å². The van der Waals surface area contributed by atoms with Gasteiger partial charge < -0.3 is 4.18 Å². The molecule has 0 N–H and O–H groups in total. The Morgan fingerprint density at radius 2 is 1.48 bits per heavy atom. The van der Waals surface area contributed by atoms with Crippen molar-refractivity contribution in [3.05, 3.63) is 72.5 Å². The summed E-state index contributed by atoms with van der Waals surface area (Å²) >= 11 is 0. The van der Waals surface area contributed by atoms with Crippen LogP contribution in [-0.4, -0.2) is 8.42 Å². The molecule has 0 aliphatic carbocycles. The van der Waals surface area contributed by atoms with E-state index >= 15 is 0 Å². The summed E-state index contributed by atoms with van der Waals surface area (Å²) in [6, 6.07) is 17.5. The van der Waals surface area contributed by atoms with Crippen molar-refractivity contribution < 1.29 is 17.0 Å². The van der Waals surface area contributed by atoms with Crippen LogP contribution in [0.4, 0.5) is 4.39 Å². The molecule has 3 aromatic carbocycles. The highest BCUT2D eigenvalue weighted by Gasteiger charge is 2.20. The third-order valence-corrected chi connectivity index (χ3v) is 4.31. The van der Waals surface area contributed by atoms with Gasteiger partial charge in [-0.1, -0.05) is 42.5 Å². The molecule has 0 aromatic heterocycles. The van der Waals surface area contributed by atoms with Crippen molar-refractivity contribution >= 4 is 20.9 Å². The summed E-state index contributed by atoms with van der Waals surface area (Å²) in [5, 5.41) is 1.81. The standard InChI is InChI=1S/C16H11FO3S/c17-15-7-3-4-8-16(15)21(18,19)20-14-10-9-12-5-1-2-6-13(12)11-14/h1-11H. The molecule has 21 heavy (non-hydrogen) atoms. The Bertz CT molecular complexity index is 904. The first-order chi connectivity index (χ1) is 10.1. The van der Waals surface area contributed by atoms with Crippen LogP contribution in [0.25, 0.3) is 10.8 Å². The van der Waals surface area contributed by atoms with Crippen LogP contribution in [0.2, 0.25) is 0 Å². The predicted molar refractivity (Wildman–Crippen MR) is 78.2 cm³/mol. The van der Waals surface area contributed by atoms with E-state index in [2.05, 4.69) is 0 Å². The van der Waals surface area contributed by atoms with Crippen molar-refractivity contribution in [2.75, 3.05) is 0 Å². The highest BCUT2D eigenvalue weighted by atomic mass is 32.2. The summed E-state index contributed by atoms with van der Waals surface area (Å²) in [6.45, 7) is 0. The second-order valence-electron chi connectivity index (χ2n) is 4.48. The van der Waals surface area contributed by atoms with Crippen LogP contribution < -0.4 is 4.18 Å². The van der Waals surface area contributed by atoms with Gasteiger partial charge in [-0.2, -0.15) is 8.42 Å². The smallest absolute Gasteiger partial charge is 0.342 e. The minimum Gasteiger partial charge on any atom is -0.379 e. The highest BCUT2D eigenvalue weighted by Crippen LogP contribution is 2.24. The van der Waals surface area contributed by atoms with Gasteiger partial charge in [-0.15, -0.1) is 0 Å². The molecule has 0 saturated carbocycles. The molecule has 0 saturated heterocycles. The Morgan fingerprint density at radius 1 is 0.810 bits per heavy atom. The molecular weight excluding hydrogens is 291 g/mol. The maximum Gasteiger partial charge on any atom is 0.342 e. The predicted octanol–water partition coefficient (Wildman–Crippen LogP) is 3.75. The summed E-state index contributed by atoms with van der Waals surface area (Å²) in [7, 11) is -4.19. The molecule has 0 amide bonds. The molecule has 106 valence electrons. The van der Waals surface area contributed by atoms with Gasteiger partial charge in [0.25, 0.3) is 0 Å². The molecule has 5 heteroatoms. The fourth-order valence-electron chi connectivity index (χ4n) is 2.04. The number of fused-ring (bicyclic) bond motifs is 1. The van der Waals surface area contributed by atoms with Gasteiger partial charge in [-0.05, 0) is 35.0 Å². The largest absolute Gasteiger partial charge is 0.379 e. The number of halogens is 1. The maximum atomic E-state index is 13.6. The van der Waals surface area contributed by atoms with Crippen molar-refractivity contribution in [2.45, 2.75) is 4.90 Å². The minimum absolute atomic E-state index is 0.150. The SMILES string of the molecule is O=S(=O)(Oc1ccc2ccccc2c1)c1ccccc1F. The van der Waals surface area contributed by atoms with Crippen molar-refractivity contribution in [3.63, 3.8) is 0 Å². The third kappa shape index (κ3) is 2.73. The van der Waals surface area contributed by atoms with Gasteiger partial charge in [-0.25, -0.2) is 4.39 Å². The topological polar surface area (TPSA) is 43.4 Å². The van der Waals surface area contributed by atoms with E-state index in [9.17, 15) is 12.8 Å². The number of benzene rings is 3. The van der Waals surface area contributed by atoms with Crippen LogP contribution in [0.15, 0.2) is 71.6 Å². The van der Waals surface area contributed by atoms with Gasteiger partial charge >= 0.3 is 10.1 Å². The molecule has 0 radical (unpaired) electrons. The van der Waals surface area contributed by atoms with Crippen LogP contribution in [0.1, 0.15) is 0 Å². The van der Waals surface area contributed by atoms with E-state index in [0.29, 0.717) is 0 Å². The molecule has 0 fully saturated rings. The van der Waals surface area contributed by atoms with Crippen molar-refractivity contribution in [1.29, 1.82) is 0 Å². The van der Waals surface area contributed by atoms with Gasteiger partial charge in [0.1, 0.15) is 16.5 Å². The quantitative estimate of drug-likeness (QED) is 0.692. The zero-order valence-corrected chi connectivity index (χ0v) is 11.7. The fourth-order valence-corrected chi connectivity index (χ4v) is 3.04. The number of hydrogen-bond acceptors (Lipinski definition) is 3. The van der Waals surface area contributed by atoms with E-state index < -0.39 is 20.8 Å². The fraction of sp³-hybridized carbons (Fsp3) is 0. The molecule has 0 bridgehead atoms. The molecule has 0 atom stereocenters. The monoisotopic (exact) mass is 302 g/mol. The van der Waals surface area contributed by atoms with Crippen LogP contribution in [0.5, 0.6) is 5.75 Å². The maximum absolute atomic E-state index is 13.6. The molecule has 3 nitrogen and oxygen atoms in total. The lowest BCUT2D eigenvalue weighted by atomic mass is 10.1. The first-order valence-corrected chi connectivity index (χ1v) is 7.65. The van der Waals surface area contributed by atoms with Crippen LogP contribution in [0, 0.1) is 5.82 Å². The molecule has 0 aliphatic rings. The summed E-state index contributed by atoms with van der Waals surface area (Å²) < 4.78 is 42.8. The van der Waals surface area contributed by atoms with Crippen LogP contribution in [-0.2, 0) is 10.1 Å². The average Bonchev–Trinajstić information content (AvgIpc) is 2.47. The Labute approximate surface area is 121 Å². The zero-order chi connectivity index (χ0) is 14.9. The summed E-state index contributed by atoms with van der Waals surface area (Å²) in [5.41, 5.74) is 0. The lowest BCUT2D eigenvalue weighted by Crippen LogP contribution is -2.11. The van der Waals surface area contributed by atoms with Crippen molar-refractivity contribution in [3.8, 4) is 5.75 Å². The van der Waals surface area contributed by atoms with Gasteiger partial charge in [0, 0.05) is 0 Å². The highest BCUT2D eigenvalue weighted by molar-refractivity contribution is 7.87. The summed E-state index contributed by atoms with van der Waals surface area (Å²) in [5.74, 6) is -0.685. The summed E-state index contributed by atoms with van der Waals surface area (Å²) in [6.07, 6.45) is 0. The average molecular weight is 302 g/mol. The van der Waals surface area contributed by atoms with Crippen molar-refractivity contribution in [1.82, 2.24) is 0 Å². The normalized spacial score (nSPS) is 11.5. The summed E-state index contributed by atoms with van der Waals surface area (Å²) in [4.78, 5) is -0.474. The Kier molecular flexibility index (Phi) is 3.35. The zero-order valence-electron chi connectivity index (χ0n) is 10.9. The lowest BCUT2D eigenvalue weighted by molar-refractivity contribution is 0.477. The molecule has 0 unspecified atom stereocenters. The van der Waals surface area contributed by atoms with Gasteiger partial charge in [0.2, 0.25) is 0 Å². The first-order valence-electron chi connectivity index (χ1n) is 6.24. The number of hydrogen-bond donors (Lipinski definition) is 0. The van der Waals surface area contributed by atoms with E-state index in [-0.39, 0.29) is 5.75 Å². The molecule has 0 spiro atoms. The van der Waals surface area contributed by atoms with Crippen LogP contribution >= 0.6 is 0 Å². The van der Waals surface area contributed by atoms with Crippen molar-refractivity contribution in [2.24, 2.45) is 0 Å². The lowest BCUT2D eigenvalue weighted by Gasteiger charge is -2.08. The van der Waals surface area contributed by atoms with E-state index in [0.717, 1.165) is 16.8 Å². The van der Waals surface area contributed by atoms with Gasteiger partial charge in [0.05, 0.1) is 0 Å². The number of rotatable bonds is 3. The first kappa shape index (κ1) is 13.6. The van der Waals surface area contributed by atoms with E-state index in [1.165, 1.54) is 18.2 Å². The molecule has 0 aliphatic heterocycles. The van der Waals surface area contributed by atoms with Crippen LogP contribution in [0.3, 0.4) is 0 Å². The van der Waals surface area contributed by atoms with E-state index in [1.54, 1.807) is 18.2 Å². The Balaban J connectivity index is 1.99. The molecular formula is C16H11FO3S. The second kappa shape index (κ2) is 5.18. The van der Waals surface area contributed by atoms with Gasteiger partial charge in [-0.3, -0.25) is 0 Å². The molecule has 0 heterocycles. The third-order valence-electron chi connectivity index (χ3n) is 3.03. The molecule has 3 rings (SSSR count). The Hall–Kier alpha value is -2.40. The Morgan fingerprint density at radius 3 is 2.24 bits per heavy atom. The second-order valence-corrected chi connectivity index (χ2v) is 5.99. The van der Waals surface area contributed by atoms with E-state index in [1.807, 2.05) is 24.3 Å². The molecule has 3 aromatic rings.